The molecule has 2 aromatic rings. The van der Waals surface area contributed by atoms with Gasteiger partial charge in [-0.05, 0) is 87.9 Å². The fraction of sp³-hybridized carbons (Fsp3) is 0.478. The van der Waals surface area contributed by atoms with Crippen molar-refractivity contribution in [3.05, 3.63) is 95.8 Å². The summed E-state index contributed by atoms with van der Waals surface area (Å²) in [5, 5.41) is 0.547. The predicted octanol–water partition coefficient (Wildman–Crippen LogP) is 6.17. The third kappa shape index (κ3) is 13.2. The number of imide groups is 1. The van der Waals surface area contributed by atoms with Crippen LogP contribution >= 0.6 is 0 Å². The minimum absolute atomic E-state index is 0.0257. The zero-order valence-corrected chi connectivity index (χ0v) is 40.6. The topological polar surface area (TPSA) is 251 Å². The van der Waals surface area contributed by atoms with Crippen LogP contribution in [0.2, 0.25) is 0 Å². The average molecular weight is 991 g/mol. The van der Waals surface area contributed by atoms with Gasteiger partial charge < -0.3 is 19.2 Å². The van der Waals surface area contributed by atoms with Crippen molar-refractivity contribution in [1.82, 2.24) is 5.06 Å². The molecule has 366 valence electrons. The number of hydrogen-bond acceptors (Lipinski definition) is 13. The summed E-state index contributed by atoms with van der Waals surface area (Å²) in [6, 6.07) is 8.83. The van der Waals surface area contributed by atoms with Gasteiger partial charge in [0, 0.05) is 81.1 Å². The second-order valence-electron chi connectivity index (χ2n) is 17.0. The zero-order chi connectivity index (χ0) is 49.2. The Labute approximate surface area is 392 Å². The normalized spacial score (nSPS) is 20.7. The number of nitrogens with zero attached hydrogens (tertiary/aromatic N) is 3. The van der Waals surface area contributed by atoms with E-state index < -0.39 is 64.7 Å². The van der Waals surface area contributed by atoms with Gasteiger partial charge in [-0.1, -0.05) is 49.6 Å². The molecule has 0 bridgehead atoms. The van der Waals surface area contributed by atoms with E-state index in [0.717, 1.165) is 30.6 Å². The summed E-state index contributed by atoms with van der Waals surface area (Å²) < 4.78 is 114. The van der Waals surface area contributed by atoms with Gasteiger partial charge in [-0.25, -0.2) is 4.79 Å². The molecule has 2 unspecified atom stereocenters. The Hall–Kier alpha value is -4.87. The second-order valence-corrected chi connectivity index (χ2v) is 21.4. The molecule has 3 heterocycles. The molecule has 0 saturated carbocycles. The van der Waals surface area contributed by atoms with Crippen molar-refractivity contribution in [3.63, 3.8) is 0 Å². The highest BCUT2D eigenvalue weighted by molar-refractivity contribution is 7.86. The first-order chi connectivity index (χ1) is 31.5. The number of amides is 2. The van der Waals surface area contributed by atoms with Gasteiger partial charge in [-0.2, -0.15) is 29.8 Å². The third-order valence-corrected chi connectivity index (χ3v) is 14.8. The largest absolute Gasteiger partial charge is 0.385 e. The van der Waals surface area contributed by atoms with E-state index in [0.29, 0.717) is 73.2 Å². The molecule has 67 heavy (non-hydrogen) atoms. The Balaban J connectivity index is 1.37. The minimum Gasteiger partial charge on any atom is -0.385 e. The second kappa shape index (κ2) is 22.5. The average Bonchev–Trinajstić information content (AvgIpc) is 3.78. The number of unbranched alkanes of at least 4 members (excludes halogenated alkanes) is 4. The van der Waals surface area contributed by atoms with Crippen molar-refractivity contribution in [3.8, 4) is 0 Å². The highest BCUT2D eigenvalue weighted by Crippen LogP contribution is 2.51. The standard InChI is InChI=1S/C46H59N3O15S3/c1-45(25-15-31-65(53,54)55)36-32-34(66(56,57)58)20-22-39(36)48(28-30-63-4)40(45)16-11-7-5-8-12-17-41-46(2,26-29-62-3)37-33-35(67(59,60)61)19-21-38(37)47(41)27-14-10-6-9-13-18-44(52)64-49-42(50)23-24-43(49)51/h5,7-8,11-12,16-17,19-22,32-33H,6,9-10,13-15,18,23-31H2,1-4H3,(H2-,53,54,55,56,57,58,59,60,61)/p+1. The molecule has 3 aliphatic heterocycles. The molecule has 1 saturated heterocycles. The number of methoxy groups -OCH3 is 2. The van der Waals surface area contributed by atoms with Gasteiger partial charge in [0.1, 0.15) is 6.61 Å². The SMILES string of the molecule is COCC[N+]1=C(/C=C/C=C/C=C/C=C2/N(CCCCCCCC(=O)ON3C(=O)CCC3=O)c3ccc(S(=O)(=O)O)cc3C2(C)CCOC)C(C)(CCCS(=O)(=O)O)c2cc(S(=O)(=O)O)ccc21. The van der Waals surface area contributed by atoms with E-state index in [-0.39, 0.29) is 41.9 Å². The number of rotatable bonds is 25. The Morgan fingerprint density at radius 2 is 1.33 bits per heavy atom. The first kappa shape index (κ1) is 53.1. The van der Waals surface area contributed by atoms with Crippen LogP contribution in [0.1, 0.15) is 95.6 Å². The maximum absolute atomic E-state index is 12.3. The van der Waals surface area contributed by atoms with Gasteiger partial charge in [0.25, 0.3) is 42.2 Å². The van der Waals surface area contributed by atoms with Crippen LogP contribution in [0.3, 0.4) is 0 Å². The molecule has 0 aromatic heterocycles. The number of fused-ring (bicyclic) bond motifs is 2. The molecule has 3 aliphatic rings. The summed E-state index contributed by atoms with van der Waals surface area (Å²) in [5.74, 6) is -2.19. The van der Waals surface area contributed by atoms with Gasteiger partial charge >= 0.3 is 5.97 Å². The van der Waals surface area contributed by atoms with Crippen LogP contribution in [0.15, 0.2) is 94.4 Å². The molecule has 2 aromatic carbocycles. The minimum atomic E-state index is -4.56. The van der Waals surface area contributed by atoms with Crippen molar-refractivity contribution in [2.24, 2.45) is 0 Å². The van der Waals surface area contributed by atoms with Gasteiger partial charge in [0.05, 0.1) is 21.0 Å². The Morgan fingerprint density at radius 1 is 0.731 bits per heavy atom. The van der Waals surface area contributed by atoms with Gasteiger partial charge in [-0.15, -0.1) is 5.06 Å². The number of anilines is 1. The lowest BCUT2D eigenvalue weighted by Crippen LogP contribution is -2.32. The number of allylic oxidation sites excluding steroid dienone is 8. The van der Waals surface area contributed by atoms with Crippen molar-refractivity contribution >= 4 is 65.2 Å². The van der Waals surface area contributed by atoms with Crippen LogP contribution in [0, 0.1) is 0 Å². The highest BCUT2D eigenvalue weighted by Gasteiger charge is 2.48. The first-order valence-corrected chi connectivity index (χ1v) is 26.4. The number of hydroxylamine groups is 2. The van der Waals surface area contributed by atoms with Crippen molar-refractivity contribution in [2.45, 2.75) is 105 Å². The molecule has 5 rings (SSSR count). The maximum atomic E-state index is 12.3. The summed E-state index contributed by atoms with van der Waals surface area (Å²) in [7, 11) is -10.2. The molecule has 2 amide bonds. The molecule has 18 nitrogen and oxygen atoms in total. The lowest BCUT2D eigenvalue weighted by molar-refractivity contribution is -0.441. The number of ether oxygens (including phenoxy) is 2. The first-order valence-electron chi connectivity index (χ1n) is 21.9. The van der Waals surface area contributed by atoms with E-state index in [1.54, 1.807) is 44.6 Å². The van der Waals surface area contributed by atoms with E-state index in [1.807, 2.05) is 42.7 Å². The molecular formula is C46H60N3O15S3+. The van der Waals surface area contributed by atoms with E-state index >= 15 is 0 Å². The Bertz CT molecular complexity index is 2680. The number of carbonyl (C=O) groups excluding carboxylic acids is 3. The van der Waals surface area contributed by atoms with Crippen LogP contribution < -0.4 is 4.90 Å². The predicted molar refractivity (Wildman–Crippen MR) is 249 cm³/mol. The van der Waals surface area contributed by atoms with Gasteiger partial charge in [0.15, 0.2) is 12.3 Å². The van der Waals surface area contributed by atoms with Crippen molar-refractivity contribution in [1.29, 1.82) is 0 Å². The van der Waals surface area contributed by atoms with Crippen LogP contribution in [0.4, 0.5) is 11.4 Å². The molecule has 21 heteroatoms. The van der Waals surface area contributed by atoms with Gasteiger partial charge in [0.2, 0.25) is 5.69 Å². The monoisotopic (exact) mass is 990 g/mol. The number of benzene rings is 2. The number of hydrogen-bond donors (Lipinski definition) is 3. The third-order valence-electron chi connectivity index (χ3n) is 12.3. The van der Waals surface area contributed by atoms with Crippen molar-refractivity contribution < 1.29 is 72.2 Å². The molecule has 0 aliphatic carbocycles. The lowest BCUT2D eigenvalue weighted by atomic mass is 9.76. The van der Waals surface area contributed by atoms with E-state index in [2.05, 4.69) is 4.90 Å². The zero-order valence-electron chi connectivity index (χ0n) is 38.1. The maximum Gasteiger partial charge on any atom is 0.333 e. The summed E-state index contributed by atoms with van der Waals surface area (Å²) in [4.78, 5) is 42.3. The smallest absolute Gasteiger partial charge is 0.333 e. The van der Waals surface area contributed by atoms with E-state index in [1.165, 1.54) is 24.3 Å². The fourth-order valence-corrected chi connectivity index (χ4v) is 10.4. The molecule has 0 spiro atoms. The Morgan fingerprint density at radius 3 is 1.97 bits per heavy atom. The van der Waals surface area contributed by atoms with Crippen LogP contribution in [-0.2, 0) is 69.9 Å². The van der Waals surface area contributed by atoms with Crippen LogP contribution in [0.5, 0.6) is 0 Å². The summed E-state index contributed by atoms with van der Waals surface area (Å²) in [5.41, 5.74) is 2.63. The van der Waals surface area contributed by atoms with Gasteiger partial charge in [-0.3, -0.25) is 23.2 Å². The summed E-state index contributed by atoms with van der Waals surface area (Å²) in [6.45, 7) is 5.44. The molecular weight excluding hydrogens is 931 g/mol. The number of carbonyl (C=O) groups is 3. The molecule has 3 N–H and O–H groups in total. The van der Waals surface area contributed by atoms with Crippen LogP contribution in [-0.4, -0.2) is 118 Å². The summed E-state index contributed by atoms with van der Waals surface area (Å²) in [6.07, 6.45) is 17.3. The highest BCUT2D eigenvalue weighted by atomic mass is 32.2. The molecule has 2 atom stereocenters. The quantitative estimate of drug-likeness (QED) is 0.0331. The fourth-order valence-electron chi connectivity index (χ4n) is 8.85. The summed E-state index contributed by atoms with van der Waals surface area (Å²) >= 11 is 0. The molecule has 0 radical (unpaired) electrons. The van der Waals surface area contributed by atoms with E-state index in [9.17, 15) is 53.3 Å². The lowest BCUT2D eigenvalue weighted by Gasteiger charge is -2.30. The van der Waals surface area contributed by atoms with Crippen molar-refractivity contribution in [2.75, 3.05) is 51.2 Å². The molecule has 1 fully saturated rings. The van der Waals surface area contributed by atoms with Crippen LogP contribution in [0.25, 0.3) is 0 Å². The van der Waals surface area contributed by atoms with E-state index in [4.69, 9.17) is 14.3 Å². The Kier molecular flexibility index (Phi) is 17.8.